The van der Waals surface area contributed by atoms with Gasteiger partial charge < -0.3 is 20.1 Å². The third-order valence-electron chi connectivity index (χ3n) is 4.34. The number of nitrogens with zero attached hydrogens (tertiary/aromatic N) is 1. The molecule has 4 heteroatoms. The molecule has 1 aliphatic heterocycles. The number of hydrogen-bond acceptors (Lipinski definition) is 4. The highest BCUT2D eigenvalue weighted by atomic mass is 16.5. The van der Waals surface area contributed by atoms with Gasteiger partial charge in [0.25, 0.3) is 0 Å². The molecule has 0 amide bonds. The van der Waals surface area contributed by atoms with E-state index in [2.05, 4.69) is 29.3 Å². The minimum atomic E-state index is 0.247. The molecule has 1 fully saturated rings. The van der Waals surface area contributed by atoms with Gasteiger partial charge in [-0.15, -0.1) is 0 Å². The molecule has 0 aromatic heterocycles. The molecular weight excluding hydrogens is 252 g/mol. The van der Waals surface area contributed by atoms with Crippen LogP contribution in [0.2, 0.25) is 0 Å². The molecule has 20 heavy (non-hydrogen) atoms. The van der Waals surface area contributed by atoms with Crippen molar-refractivity contribution >= 4 is 5.69 Å². The first-order valence-electron chi connectivity index (χ1n) is 7.41. The van der Waals surface area contributed by atoms with Gasteiger partial charge in [0.05, 0.1) is 7.11 Å². The van der Waals surface area contributed by atoms with Gasteiger partial charge in [0.2, 0.25) is 0 Å². The first-order chi connectivity index (χ1) is 9.71. The number of piperidine rings is 1. The van der Waals surface area contributed by atoms with Crippen LogP contribution >= 0.6 is 0 Å². The fraction of sp³-hybridized carbons (Fsp3) is 0.625. The Morgan fingerprint density at radius 2 is 2.10 bits per heavy atom. The van der Waals surface area contributed by atoms with Crippen LogP contribution < -0.4 is 15.0 Å². The van der Waals surface area contributed by atoms with Crippen molar-refractivity contribution in [2.45, 2.75) is 25.8 Å². The van der Waals surface area contributed by atoms with Crippen molar-refractivity contribution in [3.05, 3.63) is 23.8 Å². The van der Waals surface area contributed by atoms with Crippen LogP contribution in [0.25, 0.3) is 0 Å². The van der Waals surface area contributed by atoms with Crippen molar-refractivity contribution in [1.82, 2.24) is 5.32 Å². The molecular formula is C16H26N2O2. The number of aliphatic hydroxyl groups excluding tert-OH is 1. The number of ether oxygens (including phenoxy) is 1. The van der Waals surface area contributed by atoms with E-state index in [0.717, 1.165) is 31.7 Å². The molecule has 112 valence electrons. The lowest BCUT2D eigenvalue weighted by Gasteiger charge is -2.35. The van der Waals surface area contributed by atoms with Gasteiger partial charge in [-0.25, -0.2) is 0 Å². The second kappa shape index (κ2) is 6.95. The topological polar surface area (TPSA) is 44.7 Å². The molecule has 1 aliphatic rings. The third-order valence-corrected chi connectivity index (χ3v) is 4.34. The number of hydrogen-bond donors (Lipinski definition) is 2. The Balaban J connectivity index is 2.27. The van der Waals surface area contributed by atoms with Crippen molar-refractivity contribution in [3.8, 4) is 5.75 Å². The van der Waals surface area contributed by atoms with E-state index in [1.54, 1.807) is 7.11 Å². The van der Waals surface area contributed by atoms with Crippen molar-refractivity contribution in [3.63, 3.8) is 0 Å². The summed E-state index contributed by atoms with van der Waals surface area (Å²) in [4.78, 5) is 2.41. The van der Waals surface area contributed by atoms with Crippen molar-refractivity contribution < 1.29 is 9.84 Å². The van der Waals surface area contributed by atoms with Crippen LogP contribution in [0.1, 0.15) is 31.4 Å². The van der Waals surface area contributed by atoms with Crippen molar-refractivity contribution in [1.29, 1.82) is 0 Å². The predicted molar refractivity (Wildman–Crippen MR) is 82.5 cm³/mol. The van der Waals surface area contributed by atoms with Crippen molar-refractivity contribution in [2.75, 3.05) is 38.8 Å². The lowest BCUT2D eigenvalue weighted by molar-refractivity contribution is 0.203. The molecule has 0 aliphatic carbocycles. The van der Waals surface area contributed by atoms with Gasteiger partial charge in [0, 0.05) is 37.0 Å². The molecule has 1 unspecified atom stereocenters. The second-order valence-electron chi connectivity index (χ2n) is 5.52. The first-order valence-corrected chi connectivity index (χ1v) is 7.41. The lowest BCUT2D eigenvalue weighted by atomic mass is 9.95. The SMILES string of the molecule is CNC(C)c1c(OC)cccc1N1CCC(CO)CC1. The molecule has 1 aromatic rings. The highest BCUT2D eigenvalue weighted by Gasteiger charge is 2.23. The average molecular weight is 278 g/mol. The summed E-state index contributed by atoms with van der Waals surface area (Å²) in [5, 5.41) is 12.6. The van der Waals surface area contributed by atoms with Crippen LogP contribution in [0, 0.1) is 5.92 Å². The van der Waals surface area contributed by atoms with Gasteiger partial charge in [0.1, 0.15) is 5.75 Å². The molecule has 0 spiro atoms. The highest BCUT2D eigenvalue weighted by molar-refractivity contribution is 5.61. The Morgan fingerprint density at radius 1 is 1.40 bits per heavy atom. The van der Waals surface area contributed by atoms with Crippen LogP contribution in [0.15, 0.2) is 18.2 Å². The molecule has 0 radical (unpaired) electrons. The fourth-order valence-corrected chi connectivity index (χ4v) is 2.92. The summed E-state index contributed by atoms with van der Waals surface area (Å²) in [5.74, 6) is 1.40. The van der Waals surface area contributed by atoms with E-state index in [4.69, 9.17) is 4.74 Å². The molecule has 1 aromatic carbocycles. The Labute approximate surface area is 121 Å². The molecule has 1 saturated heterocycles. The van der Waals surface area contributed by atoms with E-state index < -0.39 is 0 Å². The molecule has 0 saturated carbocycles. The van der Waals surface area contributed by atoms with Crippen LogP contribution in [0.5, 0.6) is 5.75 Å². The van der Waals surface area contributed by atoms with E-state index in [0.29, 0.717) is 12.5 Å². The zero-order valence-corrected chi connectivity index (χ0v) is 12.7. The number of rotatable bonds is 5. The van der Waals surface area contributed by atoms with Gasteiger partial charge in [-0.05, 0) is 44.9 Å². The number of methoxy groups -OCH3 is 1. The standard InChI is InChI=1S/C16H26N2O2/c1-12(17-2)16-14(5-4-6-15(16)20-3)18-9-7-13(11-19)8-10-18/h4-6,12-13,17,19H,7-11H2,1-3H3. The highest BCUT2D eigenvalue weighted by Crippen LogP contribution is 2.36. The van der Waals surface area contributed by atoms with Crippen LogP contribution in [-0.4, -0.2) is 39.0 Å². The number of anilines is 1. The summed E-state index contributed by atoms with van der Waals surface area (Å²) in [7, 11) is 3.70. The molecule has 0 bridgehead atoms. The second-order valence-corrected chi connectivity index (χ2v) is 5.52. The maximum Gasteiger partial charge on any atom is 0.125 e. The van der Waals surface area contributed by atoms with Gasteiger partial charge >= 0.3 is 0 Å². The van der Waals surface area contributed by atoms with Crippen LogP contribution in [0.3, 0.4) is 0 Å². The monoisotopic (exact) mass is 278 g/mol. The van der Waals surface area contributed by atoms with E-state index in [-0.39, 0.29) is 6.04 Å². The Morgan fingerprint density at radius 3 is 2.65 bits per heavy atom. The summed E-state index contributed by atoms with van der Waals surface area (Å²) in [6, 6.07) is 6.49. The van der Waals surface area contributed by atoms with E-state index in [1.165, 1.54) is 11.3 Å². The van der Waals surface area contributed by atoms with Crippen LogP contribution in [-0.2, 0) is 0 Å². The van der Waals surface area contributed by atoms with Gasteiger partial charge in [-0.1, -0.05) is 6.07 Å². The molecule has 2 rings (SSSR count). The fourth-order valence-electron chi connectivity index (χ4n) is 2.92. The molecule has 2 N–H and O–H groups in total. The quantitative estimate of drug-likeness (QED) is 0.866. The summed E-state index contributed by atoms with van der Waals surface area (Å²) < 4.78 is 5.54. The molecule has 1 heterocycles. The Bertz CT molecular complexity index is 428. The Hall–Kier alpha value is -1.26. The van der Waals surface area contributed by atoms with Gasteiger partial charge in [-0.2, -0.15) is 0 Å². The summed E-state index contributed by atoms with van der Waals surface area (Å²) in [6.45, 7) is 4.47. The zero-order valence-electron chi connectivity index (χ0n) is 12.7. The summed E-state index contributed by atoms with van der Waals surface area (Å²) in [6.07, 6.45) is 2.11. The van der Waals surface area contributed by atoms with Gasteiger partial charge in [-0.3, -0.25) is 0 Å². The summed E-state index contributed by atoms with van der Waals surface area (Å²) >= 11 is 0. The smallest absolute Gasteiger partial charge is 0.125 e. The number of benzene rings is 1. The predicted octanol–water partition coefficient (Wildman–Crippen LogP) is 2.18. The van der Waals surface area contributed by atoms with E-state index in [9.17, 15) is 5.11 Å². The first kappa shape index (κ1) is 15.1. The Kier molecular flexibility index (Phi) is 5.26. The lowest BCUT2D eigenvalue weighted by Crippen LogP contribution is -2.35. The molecule has 4 nitrogen and oxygen atoms in total. The average Bonchev–Trinajstić information content (AvgIpc) is 2.53. The number of nitrogens with one attached hydrogen (secondary N) is 1. The largest absolute Gasteiger partial charge is 0.496 e. The number of aliphatic hydroxyl groups is 1. The maximum absolute atomic E-state index is 9.26. The minimum absolute atomic E-state index is 0.247. The summed E-state index contributed by atoms with van der Waals surface area (Å²) in [5.41, 5.74) is 2.47. The van der Waals surface area contributed by atoms with Crippen LogP contribution in [0.4, 0.5) is 5.69 Å². The third kappa shape index (κ3) is 3.07. The van der Waals surface area contributed by atoms with Crippen molar-refractivity contribution in [2.24, 2.45) is 5.92 Å². The van der Waals surface area contributed by atoms with Gasteiger partial charge in [0.15, 0.2) is 0 Å². The normalized spacial score (nSPS) is 18.1. The molecule has 1 atom stereocenters. The van der Waals surface area contributed by atoms with E-state index in [1.807, 2.05) is 13.1 Å². The zero-order chi connectivity index (χ0) is 14.5. The van der Waals surface area contributed by atoms with E-state index >= 15 is 0 Å². The maximum atomic E-state index is 9.26. The minimum Gasteiger partial charge on any atom is -0.496 e.